The molecule has 1 spiro atoms. The summed E-state index contributed by atoms with van der Waals surface area (Å²) in [6.07, 6.45) is 5.15. The maximum atomic E-state index is 9.82. The van der Waals surface area contributed by atoms with E-state index in [1.54, 1.807) is 6.07 Å². The van der Waals surface area contributed by atoms with E-state index in [9.17, 15) is 5.11 Å². The monoisotopic (exact) mass is 218 g/mol. The third kappa shape index (κ3) is 1.20. The fourth-order valence-electron chi connectivity index (χ4n) is 3.16. The third-order valence-electron chi connectivity index (χ3n) is 4.22. The van der Waals surface area contributed by atoms with Gasteiger partial charge in [0.25, 0.3) is 0 Å². The molecule has 16 heavy (non-hydrogen) atoms. The van der Waals surface area contributed by atoms with Crippen molar-refractivity contribution in [2.45, 2.75) is 31.2 Å². The van der Waals surface area contributed by atoms with Gasteiger partial charge in [-0.05, 0) is 25.0 Å². The van der Waals surface area contributed by atoms with E-state index < -0.39 is 0 Å². The number of fused-ring (bicyclic) bond motifs is 1. The summed E-state index contributed by atoms with van der Waals surface area (Å²) in [6.45, 7) is 0.952. The van der Waals surface area contributed by atoms with Crippen molar-refractivity contribution in [1.29, 1.82) is 0 Å². The van der Waals surface area contributed by atoms with Gasteiger partial charge < -0.3 is 15.3 Å². The zero-order chi connectivity index (χ0) is 11.2. The van der Waals surface area contributed by atoms with E-state index in [2.05, 4.69) is 23.3 Å². The highest BCUT2D eigenvalue weighted by Crippen LogP contribution is 2.45. The van der Waals surface area contributed by atoms with E-state index in [1.807, 2.05) is 6.07 Å². The zero-order valence-electron chi connectivity index (χ0n) is 9.66. The Bertz CT molecular complexity index is 410. The normalized spacial score (nSPS) is 21.9. The number of hydrogen-bond donors (Lipinski definition) is 2. The van der Waals surface area contributed by atoms with E-state index in [1.165, 1.54) is 25.7 Å². The molecule has 0 atom stereocenters. The molecule has 86 valence electrons. The number of likely N-dealkylation sites (N-methyl/N-ethyl adjacent to an activating group) is 1. The van der Waals surface area contributed by atoms with Gasteiger partial charge in [-0.25, -0.2) is 0 Å². The lowest BCUT2D eigenvalue weighted by Gasteiger charge is -2.45. The van der Waals surface area contributed by atoms with Crippen molar-refractivity contribution in [2.75, 3.05) is 23.8 Å². The van der Waals surface area contributed by atoms with Crippen LogP contribution in [-0.2, 0) is 0 Å². The van der Waals surface area contributed by atoms with Crippen molar-refractivity contribution < 1.29 is 5.11 Å². The van der Waals surface area contributed by atoms with Crippen LogP contribution in [0.15, 0.2) is 18.2 Å². The Kier molecular flexibility index (Phi) is 2.03. The highest BCUT2D eigenvalue weighted by molar-refractivity contribution is 5.79. The molecule has 3 heteroatoms. The maximum absolute atomic E-state index is 9.82. The summed E-state index contributed by atoms with van der Waals surface area (Å²) in [6, 6.07) is 5.74. The Morgan fingerprint density at radius 2 is 2.06 bits per heavy atom. The van der Waals surface area contributed by atoms with Crippen molar-refractivity contribution in [2.24, 2.45) is 0 Å². The number of rotatable bonds is 0. The van der Waals surface area contributed by atoms with Crippen molar-refractivity contribution >= 4 is 11.4 Å². The van der Waals surface area contributed by atoms with Gasteiger partial charge in [-0.15, -0.1) is 0 Å². The van der Waals surface area contributed by atoms with Gasteiger partial charge in [0.1, 0.15) is 11.4 Å². The number of nitrogens with one attached hydrogen (secondary N) is 1. The molecule has 0 radical (unpaired) electrons. The minimum Gasteiger partial charge on any atom is -0.506 e. The highest BCUT2D eigenvalue weighted by atomic mass is 16.3. The molecule has 3 nitrogen and oxygen atoms in total. The Labute approximate surface area is 96.1 Å². The van der Waals surface area contributed by atoms with Crippen LogP contribution in [0, 0.1) is 0 Å². The lowest BCUT2D eigenvalue weighted by molar-refractivity contribution is 0.422. The zero-order valence-corrected chi connectivity index (χ0v) is 9.66. The number of hydrogen-bond acceptors (Lipinski definition) is 3. The summed E-state index contributed by atoms with van der Waals surface area (Å²) in [4.78, 5) is 2.37. The maximum Gasteiger partial charge on any atom is 0.140 e. The molecule has 1 aliphatic heterocycles. The standard InChI is InChI=1S/C13H18N2O/c1-15-10-5-4-6-11(16)12(10)14-9-13(15)7-2-3-8-13/h4-6,14,16H,2-3,7-9H2,1H3. The van der Waals surface area contributed by atoms with Gasteiger partial charge in [-0.2, -0.15) is 0 Å². The Morgan fingerprint density at radius 1 is 1.31 bits per heavy atom. The van der Waals surface area contributed by atoms with Gasteiger partial charge >= 0.3 is 0 Å². The second kappa shape index (κ2) is 3.30. The quantitative estimate of drug-likeness (QED) is 0.657. The lowest BCUT2D eigenvalue weighted by atomic mass is 9.92. The molecule has 1 aromatic carbocycles. The molecule has 0 amide bonds. The molecule has 0 bridgehead atoms. The first-order chi connectivity index (χ1) is 7.73. The summed E-state index contributed by atoms with van der Waals surface area (Å²) in [5.41, 5.74) is 2.30. The molecule has 2 aliphatic rings. The summed E-state index contributed by atoms with van der Waals surface area (Å²) in [7, 11) is 2.16. The van der Waals surface area contributed by atoms with Crippen LogP contribution >= 0.6 is 0 Å². The summed E-state index contributed by atoms with van der Waals surface area (Å²) < 4.78 is 0. The number of phenols is 1. The molecule has 1 saturated carbocycles. The van der Waals surface area contributed by atoms with Gasteiger partial charge in [0.2, 0.25) is 0 Å². The largest absolute Gasteiger partial charge is 0.506 e. The summed E-state index contributed by atoms with van der Waals surface area (Å²) in [5, 5.41) is 13.2. The molecule has 1 aliphatic carbocycles. The fourth-order valence-corrected chi connectivity index (χ4v) is 3.16. The fraction of sp³-hybridized carbons (Fsp3) is 0.538. The van der Waals surface area contributed by atoms with Gasteiger partial charge in [0, 0.05) is 13.6 Å². The predicted molar refractivity (Wildman–Crippen MR) is 66.2 cm³/mol. The van der Waals surface area contributed by atoms with Crippen molar-refractivity contribution in [3.05, 3.63) is 18.2 Å². The van der Waals surface area contributed by atoms with Crippen LogP contribution in [0.1, 0.15) is 25.7 Å². The van der Waals surface area contributed by atoms with E-state index >= 15 is 0 Å². The van der Waals surface area contributed by atoms with Gasteiger partial charge in [-0.1, -0.05) is 18.9 Å². The number of benzene rings is 1. The van der Waals surface area contributed by atoms with Crippen LogP contribution in [0.25, 0.3) is 0 Å². The van der Waals surface area contributed by atoms with Gasteiger partial charge in [-0.3, -0.25) is 0 Å². The smallest absolute Gasteiger partial charge is 0.140 e. The highest BCUT2D eigenvalue weighted by Gasteiger charge is 2.41. The van der Waals surface area contributed by atoms with Crippen LogP contribution < -0.4 is 10.2 Å². The first kappa shape index (κ1) is 9.82. The molecule has 1 aromatic rings. The van der Waals surface area contributed by atoms with E-state index in [-0.39, 0.29) is 5.54 Å². The van der Waals surface area contributed by atoms with Crippen LogP contribution in [0.5, 0.6) is 5.75 Å². The number of nitrogens with zero attached hydrogens (tertiary/aromatic N) is 1. The molecule has 0 unspecified atom stereocenters. The van der Waals surface area contributed by atoms with Crippen LogP contribution in [0.2, 0.25) is 0 Å². The van der Waals surface area contributed by atoms with Gasteiger partial charge in [0.05, 0.1) is 11.2 Å². The van der Waals surface area contributed by atoms with E-state index in [0.29, 0.717) is 5.75 Å². The molecule has 1 heterocycles. The summed E-state index contributed by atoms with van der Waals surface area (Å²) in [5.74, 6) is 0.359. The summed E-state index contributed by atoms with van der Waals surface area (Å²) >= 11 is 0. The first-order valence-corrected chi connectivity index (χ1v) is 6.03. The molecular weight excluding hydrogens is 200 g/mol. The SMILES string of the molecule is CN1c2cccc(O)c2NCC12CCCC2. The predicted octanol–water partition coefficient (Wildman–Crippen LogP) is 2.57. The van der Waals surface area contributed by atoms with Crippen molar-refractivity contribution in [3.63, 3.8) is 0 Å². The van der Waals surface area contributed by atoms with Crippen LogP contribution in [-0.4, -0.2) is 24.2 Å². The second-order valence-corrected chi connectivity index (χ2v) is 5.02. The molecular formula is C13H18N2O. The van der Waals surface area contributed by atoms with Crippen molar-refractivity contribution in [3.8, 4) is 5.75 Å². The first-order valence-electron chi connectivity index (χ1n) is 6.03. The Balaban J connectivity index is 2.05. The Morgan fingerprint density at radius 3 is 2.81 bits per heavy atom. The Hall–Kier alpha value is -1.38. The van der Waals surface area contributed by atoms with E-state index in [4.69, 9.17) is 0 Å². The number of para-hydroxylation sites is 1. The molecule has 2 N–H and O–H groups in total. The van der Waals surface area contributed by atoms with Crippen LogP contribution in [0.4, 0.5) is 11.4 Å². The average molecular weight is 218 g/mol. The van der Waals surface area contributed by atoms with Gasteiger partial charge in [0.15, 0.2) is 0 Å². The second-order valence-electron chi connectivity index (χ2n) is 5.02. The molecule has 0 aromatic heterocycles. The molecule has 1 fully saturated rings. The number of phenolic OH excluding ortho intramolecular Hbond substituents is 1. The molecule has 3 rings (SSSR count). The topological polar surface area (TPSA) is 35.5 Å². The molecule has 0 saturated heterocycles. The van der Waals surface area contributed by atoms with E-state index in [0.717, 1.165) is 17.9 Å². The average Bonchev–Trinajstić information content (AvgIpc) is 2.75. The van der Waals surface area contributed by atoms with Crippen LogP contribution in [0.3, 0.4) is 0 Å². The minimum atomic E-state index is 0.279. The lowest BCUT2D eigenvalue weighted by Crippen LogP contribution is -2.52. The van der Waals surface area contributed by atoms with Crippen molar-refractivity contribution in [1.82, 2.24) is 0 Å². The minimum absolute atomic E-state index is 0.279. The number of anilines is 2. The number of aromatic hydroxyl groups is 1. The third-order valence-corrected chi connectivity index (χ3v) is 4.22.